The summed E-state index contributed by atoms with van der Waals surface area (Å²) in [6, 6.07) is 5.24. The third-order valence-corrected chi connectivity index (χ3v) is 4.39. The van der Waals surface area contributed by atoms with Gasteiger partial charge in [-0.1, -0.05) is 0 Å². The number of hydrogen-bond donors (Lipinski definition) is 0. The highest BCUT2D eigenvalue weighted by Crippen LogP contribution is 2.33. The molecule has 2 aromatic rings. The maximum atomic E-state index is 12.8. The number of fused-ring (bicyclic) bond motifs is 1. The summed E-state index contributed by atoms with van der Waals surface area (Å²) in [4.78, 5) is 22.9. The van der Waals surface area contributed by atoms with E-state index in [9.17, 15) is 4.79 Å². The van der Waals surface area contributed by atoms with Crippen LogP contribution in [0.15, 0.2) is 30.6 Å². The van der Waals surface area contributed by atoms with Crippen LogP contribution in [0.4, 0.5) is 0 Å². The molecule has 1 atom stereocenters. The van der Waals surface area contributed by atoms with Gasteiger partial charge in [0.1, 0.15) is 6.10 Å². The summed E-state index contributed by atoms with van der Waals surface area (Å²) in [5.74, 6) is 1.90. The molecule has 1 aromatic carbocycles. The van der Waals surface area contributed by atoms with Crippen molar-refractivity contribution in [1.82, 2.24) is 14.9 Å². The highest BCUT2D eigenvalue weighted by atomic mass is 16.7. The molecule has 1 saturated heterocycles. The van der Waals surface area contributed by atoms with Crippen molar-refractivity contribution in [2.75, 3.05) is 27.0 Å². The number of hydrogen-bond acceptors (Lipinski definition) is 7. The molecule has 3 heterocycles. The molecule has 0 bridgehead atoms. The molecule has 1 amide bonds. The number of likely N-dealkylation sites (tertiary alicyclic amines) is 1. The van der Waals surface area contributed by atoms with E-state index in [1.54, 1.807) is 35.5 Å². The van der Waals surface area contributed by atoms with E-state index in [1.165, 1.54) is 7.11 Å². The summed E-state index contributed by atoms with van der Waals surface area (Å²) < 4.78 is 21.7. The molecule has 0 spiro atoms. The van der Waals surface area contributed by atoms with Gasteiger partial charge in [0.2, 0.25) is 6.79 Å². The van der Waals surface area contributed by atoms with Crippen molar-refractivity contribution >= 4 is 5.91 Å². The Labute approximate surface area is 150 Å². The van der Waals surface area contributed by atoms with Crippen LogP contribution in [-0.4, -0.2) is 53.9 Å². The SMILES string of the molecule is COc1nccnc1O[C@H]1CCCN(C(=O)c2ccc3c(c2)OCO3)C1. The molecular formula is C18H19N3O5. The molecule has 2 aliphatic heterocycles. The fraction of sp³-hybridized carbons (Fsp3) is 0.389. The molecule has 0 N–H and O–H groups in total. The normalized spacial score (nSPS) is 18.5. The summed E-state index contributed by atoms with van der Waals surface area (Å²) >= 11 is 0. The zero-order chi connectivity index (χ0) is 17.9. The van der Waals surface area contributed by atoms with Crippen molar-refractivity contribution in [3.8, 4) is 23.3 Å². The van der Waals surface area contributed by atoms with Crippen molar-refractivity contribution in [1.29, 1.82) is 0 Å². The van der Waals surface area contributed by atoms with Crippen LogP contribution in [0.25, 0.3) is 0 Å². The lowest BCUT2D eigenvalue weighted by Gasteiger charge is -2.32. The monoisotopic (exact) mass is 357 g/mol. The number of rotatable bonds is 4. The van der Waals surface area contributed by atoms with Gasteiger partial charge in [-0.05, 0) is 31.0 Å². The first kappa shape index (κ1) is 16.4. The molecule has 2 aliphatic rings. The van der Waals surface area contributed by atoms with Crippen LogP contribution in [-0.2, 0) is 0 Å². The van der Waals surface area contributed by atoms with Gasteiger partial charge in [-0.15, -0.1) is 0 Å². The average Bonchev–Trinajstić information content (AvgIpc) is 3.16. The molecule has 8 nitrogen and oxygen atoms in total. The predicted molar refractivity (Wildman–Crippen MR) is 90.7 cm³/mol. The highest BCUT2D eigenvalue weighted by molar-refractivity contribution is 5.95. The molecule has 26 heavy (non-hydrogen) atoms. The average molecular weight is 357 g/mol. The summed E-state index contributed by atoms with van der Waals surface area (Å²) in [5, 5.41) is 0. The third-order valence-electron chi connectivity index (χ3n) is 4.39. The maximum absolute atomic E-state index is 12.8. The van der Waals surface area contributed by atoms with E-state index >= 15 is 0 Å². The lowest BCUT2D eigenvalue weighted by molar-refractivity contribution is 0.0519. The van der Waals surface area contributed by atoms with Crippen molar-refractivity contribution in [3.05, 3.63) is 36.2 Å². The Balaban J connectivity index is 1.45. The van der Waals surface area contributed by atoms with E-state index < -0.39 is 0 Å². The number of methoxy groups -OCH3 is 1. The second kappa shape index (κ2) is 7.07. The zero-order valence-corrected chi connectivity index (χ0v) is 14.4. The topological polar surface area (TPSA) is 83.0 Å². The fourth-order valence-electron chi connectivity index (χ4n) is 3.12. The third kappa shape index (κ3) is 3.22. The van der Waals surface area contributed by atoms with Crippen molar-refractivity contribution in [2.45, 2.75) is 18.9 Å². The number of carbonyl (C=O) groups is 1. The molecule has 0 radical (unpaired) electrons. The van der Waals surface area contributed by atoms with Crippen LogP contribution in [0.2, 0.25) is 0 Å². The van der Waals surface area contributed by atoms with Gasteiger partial charge in [0.25, 0.3) is 17.7 Å². The number of aromatic nitrogens is 2. The van der Waals surface area contributed by atoms with Gasteiger partial charge in [0.05, 0.1) is 13.7 Å². The maximum Gasteiger partial charge on any atom is 0.278 e. The first-order valence-corrected chi connectivity index (χ1v) is 8.45. The number of benzene rings is 1. The van der Waals surface area contributed by atoms with Crippen LogP contribution in [0.1, 0.15) is 23.2 Å². The second-order valence-corrected chi connectivity index (χ2v) is 6.07. The summed E-state index contributed by atoms with van der Waals surface area (Å²) in [6.45, 7) is 1.35. The van der Waals surface area contributed by atoms with E-state index in [-0.39, 0.29) is 18.8 Å². The zero-order valence-electron chi connectivity index (χ0n) is 14.4. The summed E-state index contributed by atoms with van der Waals surface area (Å²) in [5.41, 5.74) is 0.576. The van der Waals surface area contributed by atoms with Crippen LogP contribution in [0.5, 0.6) is 23.3 Å². The minimum atomic E-state index is -0.160. The van der Waals surface area contributed by atoms with Gasteiger partial charge in [0, 0.05) is 24.5 Å². The summed E-state index contributed by atoms with van der Waals surface area (Å²) in [7, 11) is 1.52. The molecule has 0 saturated carbocycles. The Kier molecular flexibility index (Phi) is 4.47. The smallest absolute Gasteiger partial charge is 0.278 e. The fourth-order valence-corrected chi connectivity index (χ4v) is 3.12. The van der Waals surface area contributed by atoms with Gasteiger partial charge in [-0.25, -0.2) is 9.97 Å². The van der Waals surface area contributed by atoms with Gasteiger partial charge in [-0.3, -0.25) is 4.79 Å². The molecule has 1 fully saturated rings. The van der Waals surface area contributed by atoms with Gasteiger partial charge in [0.15, 0.2) is 11.5 Å². The number of amides is 1. The number of nitrogens with zero attached hydrogens (tertiary/aromatic N) is 3. The Morgan fingerprint density at radius 2 is 2.00 bits per heavy atom. The Morgan fingerprint density at radius 1 is 1.19 bits per heavy atom. The molecular weight excluding hydrogens is 338 g/mol. The molecule has 8 heteroatoms. The van der Waals surface area contributed by atoms with Crippen molar-refractivity contribution < 1.29 is 23.7 Å². The summed E-state index contributed by atoms with van der Waals surface area (Å²) in [6.07, 6.45) is 4.62. The van der Waals surface area contributed by atoms with Gasteiger partial charge >= 0.3 is 0 Å². The minimum Gasteiger partial charge on any atom is -0.477 e. The Hall–Kier alpha value is -3.03. The first-order valence-electron chi connectivity index (χ1n) is 8.45. The van der Waals surface area contributed by atoms with E-state index in [1.807, 2.05) is 0 Å². The number of piperidine rings is 1. The van der Waals surface area contributed by atoms with E-state index in [4.69, 9.17) is 18.9 Å². The van der Waals surface area contributed by atoms with E-state index in [0.717, 1.165) is 12.8 Å². The van der Waals surface area contributed by atoms with Crippen LogP contribution < -0.4 is 18.9 Å². The highest BCUT2D eigenvalue weighted by Gasteiger charge is 2.28. The van der Waals surface area contributed by atoms with E-state index in [0.29, 0.717) is 41.9 Å². The standard InChI is InChI=1S/C18H19N3O5/c1-23-16-17(20-7-6-19-16)26-13-3-2-8-21(10-13)18(22)12-4-5-14-15(9-12)25-11-24-14/h4-7,9,13H,2-3,8,10-11H2,1H3/t13-/m0/s1. The molecule has 1 aromatic heterocycles. The Bertz CT molecular complexity index is 813. The number of carbonyl (C=O) groups excluding carboxylic acids is 1. The Morgan fingerprint density at radius 3 is 2.85 bits per heavy atom. The molecule has 0 aliphatic carbocycles. The first-order chi connectivity index (χ1) is 12.7. The quantitative estimate of drug-likeness (QED) is 0.826. The van der Waals surface area contributed by atoms with Crippen molar-refractivity contribution in [3.63, 3.8) is 0 Å². The van der Waals surface area contributed by atoms with Gasteiger partial charge < -0.3 is 23.8 Å². The van der Waals surface area contributed by atoms with E-state index in [2.05, 4.69) is 9.97 Å². The van der Waals surface area contributed by atoms with Crippen LogP contribution >= 0.6 is 0 Å². The van der Waals surface area contributed by atoms with Crippen molar-refractivity contribution in [2.24, 2.45) is 0 Å². The predicted octanol–water partition coefficient (Wildman–Crippen LogP) is 1.90. The van der Waals surface area contributed by atoms with Crippen LogP contribution in [0, 0.1) is 0 Å². The number of ether oxygens (including phenoxy) is 4. The lowest BCUT2D eigenvalue weighted by atomic mass is 10.1. The molecule has 136 valence electrons. The molecule has 4 rings (SSSR count). The minimum absolute atomic E-state index is 0.0530. The van der Waals surface area contributed by atoms with Crippen LogP contribution in [0.3, 0.4) is 0 Å². The lowest BCUT2D eigenvalue weighted by Crippen LogP contribution is -2.44. The second-order valence-electron chi connectivity index (χ2n) is 6.07. The van der Waals surface area contributed by atoms with Gasteiger partial charge in [-0.2, -0.15) is 0 Å². The largest absolute Gasteiger partial charge is 0.477 e. The molecule has 0 unspecified atom stereocenters.